The number of imidazole rings is 1. The monoisotopic (exact) mass is 315 g/mol. The Balaban J connectivity index is 2.30. The molecule has 1 aromatic carbocycles. The Bertz CT molecular complexity index is 624. The van der Waals surface area contributed by atoms with Crippen LogP contribution in [0.5, 0.6) is 0 Å². The lowest BCUT2D eigenvalue weighted by Gasteiger charge is -2.22. The molecule has 0 atom stereocenters. The van der Waals surface area contributed by atoms with Gasteiger partial charge in [-0.1, -0.05) is 12.1 Å². The summed E-state index contributed by atoms with van der Waals surface area (Å²) in [6.07, 6.45) is 1.64. The number of benzene rings is 1. The maximum atomic E-state index is 12.3. The van der Waals surface area contributed by atoms with Gasteiger partial charge in [-0.3, -0.25) is 0 Å². The quantitative estimate of drug-likeness (QED) is 0.830. The first-order chi connectivity index (χ1) is 9.58. The van der Waals surface area contributed by atoms with Crippen LogP contribution in [0.15, 0.2) is 35.5 Å². The van der Waals surface area contributed by atoms with Crippen molar-refractivity contribution in [2.24, 2.45) is 0 Å². The van der Waals surface area contributed by atoms with Crippen molar-refractivity contribution in [2.75, 3.05) is 5.73 Å². The molecule has 0 amide bonds. The van der Waals surface area contributed by atoms with Crippen molar-refractivity contribution in [3.63, 3.8) is 0 Å². The van der Waals surface area contributed by atoms with Gasteiger partial charge < -0.3 is 10.3 Å². The van der Waals surface area contributed by atoms with E-state index in [1.54, 1.807) is 18.5 Å². The molecule has 0 bridgehead atoms. The van der Waals surface area contributed by atoms with E-state index < -0.39 is 5.51 Å². The minimum absolute atomic E-state index is 0.139. The molecule has 0 spiro atoms. The molecule has 0 fully saturated rings. The van der Waals surface area contributed by atoms with Crippen LogP contribution in [-0.4, -0.2) is 15.1 Å². The summed E-state index contributed by atoms with van der Waals surface area (Å²) in [5, 5.41) is 0. The predicted molar refractivity (Wildman–Crippen MR) is 79.0 cm³/mol. The Hall–Kier alpha value is -1.63. The fraction of sp³-hybridized carbons (Fsp3) is 0.357. The average molecular weight is 315 g/mol. The van der Waals surface area contributed by atoms with Crippen molar-refractivity contribution >= 4 is 17.6 Å². The number of halogens is 3. The number of alkyl halides is 3. The lowest BCUT2D eigenvalue weighted by Crippen LogP contribution is -2.22. The molecule has 0 unspecified atom stereocenters. The van der Waals surface area contributed by atoms with E-state index in [0.29, 0.717) is 17.1 Å². The maximum Gasteiger partial charge on any atom is 0.446 e. The van der Waals surface area contributed by atoms with Gasteiger partial charge in [0.25, 0.3) is 0 Å². The summed E-state index contributed by atoms with van der Waals surface area (Å²) < 4.78 is 38.7. The van der Waals surface area contributed by atoms with Crippen molar-refractivity contribution in [1.29, 1.82) is 0 Å². The first-order valence-electron chi connectivity index (χ1n) is 6.27. The smallest absolute Gasteiger partial charge is 0.383 e. The molecule has 0 aliphatic heterocycles. The third-order valence-corrected chi connectivity index (χ3v) is 3.63. The van der Waals surface area contributed by atoms with Gasteiger partial charge in [0.1, 0.15) is 11.5 Å². The van der Waals surface area contributed by atoms with E-state index in [2.05, 4.69) is 4.98 Å². The average Bonchev–Trinajstić information content (AvgIpc) is 2.70. The predicted octanol–water partition coefficient (Wildman–Crippen LogP) is 4.50. The molecule has 1 heterocycles. The highest BCUT2D eigenvalue weighted by Crippen LogP contribution is 2.38. The van der Waals surface area contributed by atoms with Gasteiger partial charge in [0.2, 0.25) is 0 Å². The number of aromatic nitrogens is 2. The van der Waals surface area contributed by atoms with Gasteiger partial charge in [-0.15, -0.1) is 0 Å². The van der Waals surface area contributed by atoms with Gasteiger partial charge in [-0.05, 0) is 44.7 Å². The fourth-order valence-corrected chi connectivity index (χ4v) is 2.47. The zero-order valence-corrected chi connectivity index (χ0v) is 12.7. The molecule has 7 heteroatoms. The van der Waals surface area contributed by atoms with Gasteiger partial charge in [-0.25, -0.2) is 4.98 Å². The first kappa shape index (κ1) is 15.8. The first-order valence-corrected chi connectivity index (χ1v) is 7.09. The number of nitrogens with zero attached hydrogens (tertiary/aromatic N) is 2. The van der Waals surface area contributed by atoms with Gasteiger partial charge in [-0.2, -0.15) is 13.2 Å². The summed E-state index contributed by atoms with van der Waals surface area (Å²) in [7, 11) is 0. The van der Waals surface area contributed by atoms with Gasteiger partial charge >= 0.3 is 5.51 Å². The number of hydrogen-bond donors (Lipinski definition) is 1. The SMILES string of the molecule is CC(C)(C)n1cnc(-c2ccc(SC(F)(F)F)cc2)c1N. The minimum Gasteiger partial charge on any atom is -0.383 e. The van der Waals surface area contributed by atoms with E-state index >= 15 is 0 Å². The standard InChI is InChI=1S/C14H16F3N3S/c1-13(2,3)20-8-19-11(12(20)18)9-4-6-10(7-5-9)21-14(15,16)17/h4-8H,18H2,1-3H3. The van der Waals surface area contributed by atoms with Crippen LogP contribution in [0, 0.1) is 0 Å². The fourth-order valence-electron chi connectivity index (χ4n) is 1.93. The molecule has 0 saturated carbocycles. The molecule has 114 valence electrons. The van der Waals surface area contributed by atoms with Crippen LogP contribution < -0.4 is 5.73 Å². The van der Waals surface area contributed by atoms with Gasteiger partial charge in [0.15, 0.2) is 0 Å². The highest BCUT2D eigenvalue weighted by atomic mass is 32.2. The molecule has 21 heavy (non-hydrogen) atoms. The summed E-state index contributed by atoms with van der Waals surface area (Å²) in [4.78, 5) is 4.40. The number of nitrogen functional groups attached to an aromatic ring is 1. The molecule has 0 radical (unpaired) electrons. The van der Waals surface area contributed by atoms with Crippen LogP contribution >= 0.6 is 11.8 Å². The Morgan fingerprint density at radius 3 is 2.10 bits per heavy atom. The number of thioether (sulfide) groups is 1. The second-order valence-corrected chi connectivity index (χ2v) is 6.73. The van der Waals surface area contributed by atoms with Crippen LogP contribution in [0.3, 0.4) is 0 Å². The minimum atomic E-state index is -4.28. The third kappa shape index (κ3) is 3.72. The Morgan fingerprint density at radius 1 is 1.10 bits per heavy atom. The summed E-state index contributed by atoms with van der Waals surface area (Å²) in [6, 6.07) is 6.03. The summed E-state index contributed by atoms with van der Waals surface area (Å²) in [5.74, 6) is 0.499. The molecule has 2 aromatic rings. The Morgan fingerprint density at radius 2 is 1.67 bits per heavy atom. The molecule has 3 nitrogen and oxygen atoms in total. The molecular weight excluding hydrogens is 299 g/mol. The molecule has 0 saturated heterocycles. The second-order valence-electron chi connectivity index (χ2n) is 5.59. The van der Waals surface area contributed by atoms with Crippen molar-refractivity contribution in [3.05, 3.63) is 30.6 Å². The van der Waals surface area contributed by atoms with Gasteiger partial charge in [0, 0.05) is 16.0 Å². The molecular formula is C14H16F3N3S. The van der Waals surface area contributed by atoms with Crippen LogP contribution in [-0.2, 0) is 5.54 Å². The summed E-state index contributed by atoms with van der Waals surface area (Å²) in [6.45, 7) is 5.99. The number of anilines is 1. The normalized spacial score (nSPS) is 12.7. The second kappa shape index (κ2) is 5.29. The van der Waals surface area contributed by atoms with Crippen molar-refractivity contribution in [3.8, 4) is 11.3 Å². The highest BCUT2D eigenvalue weighted by molar-refractivity contribution is 8.00. The van der Waals surface area contributed by atoms with Crippen molar-refractivity contribution < 1.29 is 13.2 Å². The third-order valence-electron chi connectivity index (χ3n) is 2.89. The van der Waals surface area contributed by atoms with Crippen LogP contribution in [0.4, 0.5) is 19.0 Å². The van der Waals surface area contributed by atoms with E-state index in [4.69, 9.17) is 5.73 Å². The van der Waals surface area contributed by atoms with Crippen molar-refractivity contribution in [1.82, 2.24) is 9.55 Å². The topological polar surface area (TPSA) is 43.8 Å². The molecule has 1 aromatic heterocycles. The largest absolute Gasteiger partial charge is 0.446 e. The number of nitrogens with two attached hydrogens (primary N) is 1. The van der Waals surface area contributed by atoms with E-state index in [-0.39, 0.29) is 22.2 Å². The van der Waals surface area contributed by atoms with Crippen LogP contribution in [0.2, 0.25) is 0 Å². The van der Waals surface area contributed by atoms with Crippen molar-refractivity contribution in [2.45, 2.75) is 36.7 Å². The molecule has 2 rings (SSSR count). The van der Waals surface area contributed by atoms with E-state index in [1.165, 1.54) is 12.1 Å². The lowest BCUT2D eigenvalue weighted by atomic mass is 10.1. The number of hydrogen-bond acceptors (Lipinski definition) is 3. The zero-order chi connectivity index (χ0) is 15.8. The Kier molecular flexibility index (Phi) is 3.97. The van der Waals surface area contributed by atoms with Crippen LogP contribution in [0.1, 0.15) is 20.8 Å². The number of rotatable bonds is 2. The highest BCUT2D eigenvalue weighted by Gasteiger charge is 2.29. The lowest BCUT2D eigenvalue weighted by molar-refractivity contribution is -0.0328. The maximum absolute atomic E-state index is 12.3. The van der Waals surface area contributed by atoms with E-state index in [1.807, 2.05) is 25.3 Å². The summed E-state index contributed by atoms with van der Waals surface area (Å²) in [5.41, 5.74) is 2.86. The van der Waals surface area contributed by atoms with E-state index in [9.17, 15) is 13.2 Å². The zero-order valence-electron chi connectivity index (χ0n) is 11.9. The molecule has 0 aliphatic carbocycles. The van der Waals surface area contributed by atoms with E-state index in [0.717, 1.165) is 0 Å². The molecule has 0 aliphatic rings. The van der Waals surface area contributed by atoms with Gasteiger partial charge in [0.05, 0.1) is 6.33 Å². The summed E-state index contributed by atoms with van der Waals surface area (Å²) >= 11 is -0.139. The van der Waals surface area contributed by atoms with Crippen LogP contribution in [0.25, 0.3) is 11.3 Å². The molecule has 2 N–H and O–H groups in total. The Labute approximate surface area is 125 Å².